The van der Waals surface area contributed by atoms with Crippen molar-refractivity contribution >= 4 is 0 Å². The fourth-order valence-corrected chi connectivity index (χ4v) is 1.43. The lowest BCUT2D eigenvalue weighted by Gasteiger charge is -2.15. The summed E-state index contributed by atoms with van der Waals surface area (Å²) in [6.07, 6.45) is 0. The maximum absolute atomic E-state index is 5.61. The fourth-order valence-electron chi connectivity index (χ4n) is 1.43. The number of aromatic nitrogens is 1. The summed E-state index contributed by atoms with van der Waals surface area (Å²) in [7, 11) is 0. The monoisotopic (exact) mass is 182 g/mol. The Morgan fingerprint density at radius 3 is 2.38 bits per heavy atom. The zero-order valence-electron chi connectivity index (χ0n) is 8.79. The molecule has 74 valence electrons. The predicted octanol–water partition coefficient (Wildman–Crippen LogP) is 1.99. The van der Waals surface area contributed by atoms with Gasteiger partial charge in [0.2, 0.25) is 0 Å². The molecular formula is C10H18N2O. The van der Waals surface area contributed by atoms with Crippen molar-refractivity contribution in [2.75, 3.05) is 6.54 Å². The Kier molecular flexibility index (Phi) is 3.09. The second-order valence-electron chi connectivity index (χ2n) is 3.68. The quantitative estimate of drug-likeness (QED) is 0.777. The predicted molar refractivity (Wildman–Crippen MR) is 52.6 cm³/mol. The van der Waals surface area contributed by atoms with Crippen molar-refractivity contribution in [1.29, 1.82) is 0 Å². The summed E-state index contributed by atoms with van der Waals surface area (Å²) in [5.74, 6) is 2.51. The molecule has 2 atom stereocenters. The van der Waals surface area contributed by atoms with Crippen LogP contribution >= 0.6 is 0 Å². The highest BCUT2D eigenvalue weighted by molar-refractivity contribution is 5.12. The van der Waals surface area contributed by atoms with E-state index in [0.717, 1.165) is 17.3 Å². The number of hydrogen-bond donors (Lipinski definition) is 1. The van der Waals surface area contributed by atoms with Crippen molar-refractivity contribution in [3.8, 4) is 0 Å². The zero-order chi connectivity index (χ0) is 10.0. The van der Waals surface area contributed by atoms with Crippen molar-refractivity contribution in [3.05, 3.63) is 17.3 Å². The van der Waals surface area contributed by atoms with Gasteiger partial charge in [0.05, 0.1) is 5.69 Å². The van der Waals surface area contributed by atoms with Crippen LogP contribution in [0, 0.1) is 19.8 Å². The van der Waals surface area contributed by atoms with Gasteiger partial charge in [-0.15, -0.1) is 0 Å². The number of rotatable bonds is 3. The maximum Gasteiger partial charge on any atom is 0.191 e. The van der Waals surface area contributed by atoms with Crippen LogP contribution in [0.4, 0.5) is 0 Å². The molecule has 0 aliphatic heterocycles. The molecule has 2 unspecified atom stereocenters. The van der Waals surface area contributed by atoms with E-state index in [1.165, 1.54) is 0 Å². The first-order valence-corrected chi connectivity index (χ1v) is 4.70. The third-order valence-electron chi connectivity index (χ3n) is 2.58. The molecule has 0 radical (unpaired) electrons. The van der Waals surface area contributed by atoms with Gasteiger partial charge in [0.1, 0.15) is 5.76 Å². The lowest BCUT2D eigenvalue weighted by molar-refractivity contribution is 0.386. The molecule has 0 aliphatic rings. The van der Waals surface area contributed by atoms with E-state index < -0.39 is 0 Å². The van der Waals surface area contributed by atoms with Gasteiger partial charge in [-0.1, -0.05) is 13.8 Å². The second-order valence-corrected chi connectivity index (χ2v) is 3.68. The van der Waals surface area contributed by atoms with Crippen molar-refractivity contribution in [3.63, 3.8) is 0 Å². The van der Waals surface area contributed by atoms with E-state index in [1.54, 1.807) is 0 Å². The van der Waals surface area contributed by atoms with Crippen LogP contribution in [0.2, 0.25) is 0 Å². The minimum Gasteiger partial charge on any atom is -0.445 e. The van der Waals surface area contributed by atoms with Gasteiger partial charge in [-0.25, -0.2) is 4.98 Å². The average molecular weight is 182 g/mol. The van der Waals surface area contributed by atoms with Crippen LogP contribution in [0.15, 0.2) is 4.42 Å². The van der Waals surface area contributed by atoms with E-state index in [9.17, 15) is 0 Å². The third-order valence-corrected chi connectivity index (χ3v) is 2.58. The summed E-state index contributed by atoms with van der Waals surface area (Å²) in [5.41, 5.74) is 6.60. The molecule has 0 saturated heterocycles. The van der Waals surface area contributed by atoms with Crippen molar-refractivity contribution in [2.45, 2.75) is 33.6 Å². The number of nitrogens with zero attached hydrogens (tertiary/aromatic N) is 1. The van der Waals surface area contributed by atoms with Gasteiger partial charge in [0, 0.05) is 12.8 Å². The first kappa shape index (κ1) is 10.3. The molecule has 1 rings (SSSR count). The second kappa shape index (κ2) is 3.92. The molecular weight excluding hydrogens is 164 g/mol. The van der Waals surface area contributed by atoms with E-state index in [0.29, 0.717) is 18.4 Å². The zero-order valence-corrected chi connectivity index (χ0v) is 8.79. The summed E-state index contributed by atoms with van der Waals surface area (Å²) < 4.78 is 5.53. The highest BCUT2D eigenvalue weighted by Crippen LogP contribution is 2.26. The van der Waals surface area contributed by atoms with Crippen molar-refractivity contribution in [2.24, 2.45) is 11.7 Å². The van der Waals surface area contributed by atoms with Gasteiger partial charge in [-0.05, 0) is 19.4 Å². The fraction of sp³-hybridized carbons (Fsp3) is 0.700. The summed E-state index contributed by atoms with van der Waals surface area (Å²) >= 11 is 0. The smallest absolute Gasteiger partial charge is 0.191 e. The molecule has 0 aromatic carbocycles. The van der Waals surface area contributed by atoms with Crippen LogP contribution < -0.4 is 5.73 Å². The van der Waals surface area contributed by atoms with Crippen LogP contribution in [0.1, 0.15) is 37.1 Å². The van der Waals surface area contributed by atoms with Crippen LogP contribution in [0.5, 0.6) is 0 Å². The maximum atomic E-state index is 5.61. The van der Waals surface area contributed by atoms with E-state index in [2.05, 4.69) is 18.8 Å². The van der Waals surface area contributed by atoms with Crippen LogP contribution in [-0.4, -0.2) is 11.5 Å². The standard InChI is InChI=1S/C10H18N2O/c1-6(5-11)7(2)10-8(3)12-9(4)13-10/h6-7H,5,11H2,1-4H3. The molecule has 1 aromatic rings. The molecule has 2 N–H and O–H groups in total. The Morgan fingerprint density at radius 2 is 2.00 bits per heavy atom. The molecule has 0 bridgehead atoms. The normalized spacial score (nSPS) is 15.8. The Balaban J connectivity index is 2.87. The molecule has 0 spiro atoms. The SMILES string of the molecule is Cc1nc(C)c(C(C)C(C)CN)o1. The van der Waals surface area contributed by atoms with Gasteiger partial charge >= 0.3 is 0 Å². The number of hydrogen-bond acceptors (Lipinski definition) is 3. The highest BCUT2D eigenvalue weighted by atomic mass is 16.4. The topological polar surface area (TPSA) is 52.0 Å². The third kappa shape index (κ3) is 2.10. The van der Waals surface area contributed by atoms with E-state index in [4.69, 9.17) is 10.2 Å². The Morgan fingerprint density at radius 1 is 1.38 bits per heavy atom. The first-order valence-electron chi connectivity index (χ1n) is 4.70. The molecule has 13 heavy (non-hydrogen) atoms. The minimum absolute atomic E-state index is 0.353. The molecule has 0 amide bonds. The van der Waals surface area contributed by atoms with Gasteiger partial charge in [-0.3, -0.25) is 0 Å². The number of oxazole rings is 1. The van der Waals surface area contributed by atoms with E-state index >= 15 is 0 Å². The average Bonchev–Trinajstić information content (AvgIpc) is 2.42. The van der Waals surface area contributed by atoms with E-state index in [-0.39, 0.29) is 0 Å². The summed E-state index contributed by atoms with van der Waals surface area (Å²) in [6.45, 7) is 8.79. The molecule has 3 nitrogen and oxygen atoms in total. The van der Waals surface area contributed by atoms with Crippen molar-refractivity contribution in [1.82, 2.24) is 4.98 Å². The van der Waals surface area contributed by atoms with Crippen LogP contribution in [0.3, 0.4) is 0 Å². The van der Waals surface area contributed by atoms with E-state index in [1.807, 2.05) is 13.8 Å². The summed E-state index contributed by atoms with van der Waals surface area (Å²) in [6, 6.07) is 0. The lowest BCUT2D eigenvalue weighted by atomic mass is 9.93. The molecule has 1 heterocycles. The van der Waals surface area contributed by atoms with Gasteiger partial charge in [-0.2, -0.15) is 0 Å². The number of nitrogens with two attached hydrogens (primary N) is 1. The van der Waals surface area contributed by atoms with Crippen LogP contribution in [0.25, 0.3) is 0 Å². The molecule has 1 aromatic heterocycles. The molecule has 0 saturated carbocycles. The van der Waals surface area contributed by atoms with Gasteiger partial charge in [0.15, 0.2) is 5.89 Å². The molecule has 0 fully saturated rings. The van der Waals surface area contributed by atoms with Gasteiger partial charge in [0.25, 0.3) is 0 Å². The Bertz CT molecular complexity index is 280. The van der Waals surface area contributed by atoms with Crippen LogP contribution in [-0.2, 0) is 0 Å². The van der Waals surface area contributed by atoms with Crippen molar-refractivity contribution < 1.29 is 4.42 Å². The molecule has 3 heteroatoms. The first-order chi connectivity index (χ1) is 6.06. The lowest BCUT2D eigenvalue weighted by Crippen LogP contribution is -2.17. The van der Waals surface area contributed by atoms with Gasteiger partial charge < -0.3 is 10.2 Å². The Hall–Kier alpha value is -0.830. The Labute approximate surface area is 79.3 Å². The molecule has 0 aliphatic carbocycles. The highest BCUT2D eigenvalue weighted by Gasteiger charge is 2.19. The largest absolute Gasteiger partial charge is 0.445 e. The minimum atomic E-state index is 0.353. The number of aryl methyl sites for hydroxylation is 2. The summed E-state index contributed by atoms with van der Waals surface area (Å²) in [4.78, 5) is 4.24. The summed E-state index contributed by atoms with van der Waals surface area (Å²) in [5, 5.41) is 0.